The molecule has 11 heteroatoms. The summed E-state index contributed by atoms with van der Waals surface area (Å²) >= 11 is 0. The fourth-order valence-electron chi connectivity index (χ4n) is 5.00. The molecule has 37 heavy (non-hydrogen) atoms. The molecule has 1 N–H and O–H groups in total. The van der Waals surface area contributed by atoms with E-state index in [1.165, 1.54) is 15.2 Å². The van der Waals surface area contributed by atoms with Gasteiger partial charge >= 0.3 is 5.69 Å². The number of halogens is 1. The summed E-state index contributed by atoms with van der Waals surface area (Å²) in [6, 6.07) is 6.85. The fourth-order valence-corrected chi connectivity index (χ4v) is 5.00. The highest BCUT2D eigenvalue weighted by Crippen LogP contribution is 2.35. The number of hydrogen-bond acceptors (Lipinski definition) is 5. The molecular formula is C26H25FN8O2. The Labute approximate surface area is 210 Å². The zero-order chi connectivity index (χ0) is 26.2. The number of nitrogens with zero attached hydrogens (tertiary/aromatic N) is 8. The molecule has 0 amide bonds. The Balaban J connectivity index is 1.72. The van der Waals surface area contributed by atoms with Crippen molar-refractivity contribution in [3.8, 4) is 28.3 Å². The second kappa shape index (κ2) is 8.00. The maximum Gasteiger partial charge on any atom is 0.328 e. The molecule has 0 fully saturated rings. The molecule has 0 saturated heterocycles. The van der Waals surface area contributed by atoms with Crippen LogP contribution in [0.15, 0.2) is 54.0 Å². The molecule has 0 radical (unpaired) electrons. The molecule has 0 saturated carbocycles. The van der Waals surface area contributed by atoms with Crippen molar-refractivity contribution in [3.63, 3.8) is 0 Å². The normalized spacial score (nSPS) is 12.7. The number of aliphatic hydroxyl groups excluding tert-OH is 1. The predicted molar refractivity (Wildman–Crippen MR) is 138 cm³/mol. The van der Waals surface area contributed by atoms with Gasteiger partial charge in [0.15, 0.2) is 5.82 Å². The van der Waals surface area contributed by atoms with E-state index in [0.717, 1.165) is 5.69 Å². The smallest absolute Gasteiger partial charge is 0.328 e. The van der Waals surface area contributed by atoms with Gasteiger partial charge in [-0.05, 0) is 25.1 Å². The number of aromatic nitrogens is 8. The fraction of sp³-hybridized carbons (Fsp3) is 0.231. The van der Waals surface area contributed by atoms with Crippen molar-refractivity contribution in [3.05, 3.63) is 71.0 Å². The van der Waals surface area contributed by atoms with Crippen molar-refractivity contribution in [2.24, 2.45) is 28.2 Å². The zero-order valence-corrected chi connectivity index (χ0v) is 21.0. The topological polar surface area (TPSA) is 101 Å². The summed E-state index contributed by atoms with van der Waals surface area (Å²) in [7, 11) is 7.01. The minimum Gasteiger partial charge on any atom is -0.389 e. The quantitative estimate of drug-likeness (QED) is 0.401. The summed E-state index contributed by atoms with van der Waals surface area (Å²) in [5.41, 5.74) is 5.19. The average molecular weight is 501 g/mol. The zero-order valence-electron chi connectivity index (χ0n) is 21.0. The molecule has 4 heterocycles. The lowest BCUT2D eigenvalue weighted by Gasteiger charge is -2.15. The number of aliphatic hydroxyl groups is 1. The van der Waals surface area contributed by atoms with Gasteiger partial charge in [0.05, 0.1) is 52.6 Å². The first kappa shape index (κ1) is 22.9. The first-order valence-corrected chi connectivity index (χ1v) is 11.7. The number of aryl methyl sites for hydroxylation is 4. The van der Waals surface area contributed by atoms with Crippen molar-refractivity contribution in [1.29, 1.82) is 0 Å². The Hall–Kier alpha value is -4.51. The molecule has 2 aromatic carbocycles. The summed E-state index contributed by atoms with van der Waals surface area (Å²) in [4.78, 5) is 21.9. The second-order valence-corrected chi connectivity index (χ2v) is 9.36. The van der Waals surface area contributed by atoms with E-state index in [2.05, 4.69) is 10.1 Å². The molecule has 0 aliphatic carbocycles. The minimum absolute atomic E-state index is 0.205. The lowest BCUT2D eigenvalue weighted by Crippen LogP contribution is -2.19. The highest BCUT2D eigenvalue weighted by molar-refractivity contribution is 5.89. The maximum absolute atomic E-state index is 15.5. The summed E-state index contributed by atoms with van der Waals surface area (Å²) in [5, 5.41) is 14.8. The van der Waals surface area contributed by atoms with E-state index < -0.39 is 11.9 Å². The highest BCUT2D eigenvalue weighted by Gasteiger charge is 2.23. The Morgan fingerprint density at radius 2 is 1.78 bits per heavy atom. The third kappa shape index (κ3) is 3.34. The van der Waals surface area contributed by atoms with Gasteiger partial charge in [-0.2, -0.15) is 5.10 Å². The van der Waals surface area contributed by atoms with Crippen molar-refractivity contribution in [2.75, 3.05) is 0 Å². The summed E-state index contributed by atoms with van der Waals surface area (Å²) in [6.07, 6.45) is 5.89. The van der Waals surface area contributed by atoms with Gasteiger partial charge in [0, 0.05) is 57.1 Å². The molecule has 0 bridgehead atoms. The highest BCUT2D eigenvalue weighted by atomic mass is 19.1. The van der Waals surface area contributed by atoms with E-state index in [4.69, 9.17) is 4.98 Å². The van der Waals surface area contributed by atoms with Gasteiger partial charge in [0.25, 0.3) is 0 Å². The SMILES string of the molecule is CC(O)c1cc(-n2c(-c3cncn3C)nc3cc(-c4cnn(C)c4)c(F)cc32)cc2c1n(C)c(=O)n2C. The van der Waals surface area contributed by atoms with Crippen molar-refractivity contribution in [1.82, 2.24) is 38.0 Å². The van der Waals surface area contributed by atoms with Crippen LogP contribution in [0, 0.1) is 5.82 Å². The molecule has 6 aromatic rings. The monoisotopic (exact) mass is 500 g/mol. The molecule has 6 rings (SSSR count). The maximum atomic E-state index is 15.5. The van der Waals surface area contributed by atoms with Crippen LogP contribution in [0.4, 0.5) is 4.39 Å². The van der Waals surface area contributed by atoms with Crippen LogP contribution < -0.4 is 5.69 Å². The van der Waals surface area contributed by atoms with Crippen LogP contribution in [0.1, 0.15) is 18.6 Å². The lowest BCUT2D eigenvalue weighted by atomic mass is 10.1. The lowest BCUT2D eigenvalue weighted by molar-refractivity contribution is 0.200. The van der Waals surface area contributed by atoms with Crippen molar-refractivity contribution in [2.45, 2.75) is 13.0 Å². The number of fused-ring (bicyclic) bond motifs is 2. The molecule has 1 atom stereocenters. The van der Waals surface area contributed by atoms with Gasteiger partial charge in [-0.15, -0.1) is 0 Å². The third-order valence-electron chi connectivity index (χ3n) is 6.89. The number of benzene rings is 2. The van der Waals surface area contributed by atoms with Gasteiger partial charge in [-0.3, -0.25) is 18.4 Å². The van der Waals surface area contributed by atoms with Gasteiger partial charge in [-0.25, -0.2) is 19.2 Å². The molecular weight excluding hydrogens is 475 g/mol. The standard InChI is InChI=1S/C26H25FN8O2/c1-14(36)17-6-16(7-22-24(17)34(5)26(37)33(22)4)35-21-9-19(27)18(15-10-29-32(3)12-15)8-20(21)30-25(35)23-11-28-13-31(23)2/h6-14,36H,1-5H3. The van der Waals surface area contributed by atoms with Gasteiger partial charge in [-0.1, -0.05) is 0 Å². The Kier molecular flexibility index (Phi) is 4.96. The van der Waals surface area contributed by atoms with E-state index in [1.54, 1.807) is 63.7 Å². The first-order valence-electron chi connectivity index (χ1n) is 11.7. The summed E-state index contributed by atoms with van der Waals surface area (Å²) in [6.45, 7) is 1.66. The Morgan fingerprint density at radius 3 is 2.43 bits per heavy atom. The van der Waals surface area contributed by atoms with E-state index >= 15 is 4.39 Å². The molecule has 0 aliphatic heterocycles. The van der Waals surface area contributed by atoms with E-state index in [0.29, 0.717) is 50.3 Å². The molecule has 4 aromatic heterocycles. The van der Waals surface area contributed by atoms with E-state index in [1.807, 2.05) is 28.3 Å². The van der Waals surface area contributed by atoms with E-state index in [-0.39, 0.29) is 5.69 Å². The predicted octanol–water partition coefficient (Wildman–Crippen LogP) is 3.21. The molecule has 0 spiro atoms. The van der Waals surface area contributed by atoms with Crippen molar-refractivity contribution < 1.29 is 9.50 Å². The number of hydrogen-bond donors (Lipinski definition) is 1. The van der Waals surface area contributed by atoms with Gasteiger partial charge in [0.1, 0.15) is 11.5 Å². The largest absolute Gasteiger partial charge is 0.389 e. The van der Waals surface area contributed by atoms with Crippen LogP contribution in [0.2, 0.25) is 0 Å². The molecule has 188 valence electrons. The average Bonchev–Trinajstić information content (AvgIpc) is 3.62. The van der Waals surface area contributed by atoms with Crippen LogP contribution in [-0.2, 0) is 28.2 Å². The van der Waals surface area contributed by atoms with Crippen LogP contribution in [0.25, 0.3) is 50.4 Å². The van der Waals surface area contributed by atoms with Crippen LogP contribution in [0.3, 0.4) is 0 Å². The van der Waals surface area contributed by atoms with Crippen LogP contribution in [0.5, 0.6) is 0 Å². The Morgan fingerprint density at radius 1 is 1.00 bits per heavy atom. The summed E-state index contributed by atoms with van der Waals surface area (Å²) < 4.78 is 23.9. The van der Waals surface area contributed by atoms with Crippen LogP contribution >= 0.6 is 0 Å². The van der Waals surface area contributed by atoms with E-state index in [9.17, 15) is 9.90 Å². The summed E-state index contributed by atoms with van der Waals surface area (Å²) in [5.74, 6) is 0.136. The Bertz CT molecular complexity index is 1900. The second-order valence-electron chi connectivity index (χ2n) is 9.36. The van der Waals surface area contributed by atoms with Gasteiger partial charge in [0.2, 0.25) is 0 Å². The molecule has 0 aliphatic rings. The number of rotatable bonds is 4. The first-order chi connectivity index (χ1) is 17.7. The van der Waals surface area contributed by atoms with Gasteiger partial charge < -0.3 is 9.67 Å². The van der Waals surface area contributed by atoms with Crippen LogP contribution in [-0.4, -0.2) is 43.1 Å². The number of imidazole rings is 3. The third-order valence-corrected chi connectivity index (χ3v) is 6.89. The minimum atomic E-state index is -0.848. The van der Waals surface area contributed by atoms with Crippen molar-refractivity contribution >= 4 is 22.1 Å². The molecule has 10 nitrogen and oxygen atoms in total. The molecule has 1 unspecified atom stereocenters.